The van der Waals surface area contributed by atoms with E-state index in [1.165, 1.54) is 5.56 Å². The molecular weight excluding hydrogens is 208 g/mol. The SMILES string of the molecule is CNC(CS)c1ccc2nc(C)oc2c1. The average molecular weight is 222 g/mol. The summed E-state index contributed by atoms with van der Waals surface area (Å²) in [6.07, 6.45) is 0. The van der Waals surface area contributed by atoms with Gasteiger partial charge < -0.3 is 9.73 Å². The van der Waals surface area contributed by atoms with Gasteiger partial charge in [0.2, 0.25) is 0 Å². The van der Waals surface area contributed by atoms with Gasteiger partial charge in [0.1, 0.15) is 5.52 Å². The van der Waals surface area contributed by atoms with Crippen molar-refractivity contribution < 1.29 is 4.42 Å². The van der Waals surface area contributed by atoms with Crippen LogP contribution in [0.1, 0.15) is 17.5 Å². The van der Waals surface area contributed by atoms with E-state index in [1.54, 1.807) is 0 Å². The lowest BCUT2D eigenvalue weighted by molar-refractivity contribution is 0.559. The van der Waals surface area contributed by atoms with Crippen molar-refractivity contribution in [2.45, 2.75) is 13.0 Å². The van der Waals surface area contributed by atoms with Crippen molar-refractivity contribution in [1.29, 1.82) is 0 Å². The monoisotopic (exact) mass is 222 g/mol. The van der Waals surface area contributed by atoms with Crippen molar-refractivity contribution in [3.63, 3.8) is 0 Å². The lowest BCUT2D eigenvalue weighted by Crippen LogP contribution is -2.17. The van der Waals surface area contributed by atoms with Crippen molar-refractivity contribution in [2.75, 3.05) is 12.8 Å². The normalized spacial score (nSPS) is 13.3. The van der Waals surface area contributed by atoms with Crippen LogP contribution in [0.2, 0.25) is 0 Å². The number of hydrogen-bond donors (Lipinski definition) is 2. The van der Waals surface area contributed by atoms with Gasteiger partial charge in [-0.1, -0.05) is 6.07 Å². The van der Waals surface area contributed by atoms with E-state index in [0.717, 1.165) is 16.9 Å². The van der Waals surface area contributed by atoms with Gasteiger partial charge in [-0.3, -0.25) is 0 Å². The van der Waals surface area contributed by atoms with Crippen LogP contribution in [0.5, 0.6) is 0 Å². The predicted octanol–water partition coefficient (Wildman–Crippen LogP) is 2.33. The fourth-order valence-corrected chi connectivity index (χ4v) is 2.03. The first-order valence-electron chi connectivity index (χ1n) is 4.90. The predicted molar refractivity (Wildman–Crippen MR) is 64.4 cm³/mol. The van der Waals surface area contributed by atoms with E-state index in [1.807, 2.05) is 26.1 Å². The number of rotatable bonds is 3. The van der Waals surface area contributed by atoms with Crippen LogP contribution in [0, 0.1) is 6.92 Å². The highest BCUT2D eigenvalue weighted by molar-refractivity contribution is 7.80. The van der Waals surface area contributed by atoms with Crippen molar-refractivity contribution in [2.24, 2.45) is 0 Å². The Kier molecular flexibility index (Phi) is 2.98. The van der Waals surface area contributed by atoms with Crippen molar-refractivity contribution in [1.82, 2.24) is 10.3 Å². The molecule has 4 heteroatoms. The van der Waals surface area contributed by atoms with Gasteiger partial charge in [-0.2, -0.15) is 12.6 Å². The second-order valence-corrected chi connectivity index (χ2v) is 3.85. The third-order valence-electron chi connectivity index (χ3n) is 2.45. The fourth-order valence-electron chi connectivity index (χ4n) is 1.64. The number of oxazole rings is 1. The number of hydrogen-bond acceptors (Lipinski definition) is 4. The van der Waals surface area contributed by atoms with Gasteiger partial charge in [-0.05, 0) is 24.7 Å². The van der Waals surface area contributed by atoms with Gasteiger partial charge in [0.25, 0.3) is 0 Å². The van der Waals surface area contributed by atoms with E-state index in [0.29, 0.717) is 5.89 Å². The van der Waals surface area contributed by atoms with E-state index >= 15 is 0 Å². The first-order chi connectivity index (χ1) is 7.24. The second kappa shape index (κ2) is 4.24. The Hall–Kier alpha value is -1.00. The quantitative estimate of drug-likeness (QED) is 0.783. The molecule has 0 bridgehead atoms. The summed E-state index contributed by atoms with van der Waals surface area (Å²) >= 11 is 4.30. The van der Waals surface area contributed by atoms with Gasteiger partial charge in [0.05, 0.1) is 0 Å². The lowest BCUT2D eigenvalue weighted by atomic mass is 10.1. The number of benzene rings is 1. The molecule has 0 saturated carbocycles. The highest BCUT2D eigenvalue weighted by Gasteiger charge is 2.09. The molecule has 2 aromatic rings. The van der Waals surface area contributed by atoms with Gasteiger partial charge in [-0.25, -0.2) is 4.98 Å². The summed E-state index contributed by atoms with van der Waals surface area (Å²) in [5.74, 6) is 1.46. The number of thiol groups is 1. The Morgan fingerprint density at radius 2 is 2.33 bits per heavy atom. The maximum atomic E-state index is 5.48. The maximum Gasteiger partial charge on any atom is 0.192 e. The van der Waals surface area contributed by atoms with Crippen LogP contribution < -0.4 is 5.32 Å². The summed E-state index contributed by atoms with van der Waals surface area (Å²) in [5, 5.41) is 3.20. The Bertz CT molecular complexity index is 463. The Labute approximate surface area is 94.3 Å². The molecule has 0 spiro atoms. The number of fused-ring (bicyclic) bond motifs is 1. The van der Waals surface area contributed by atoms with Crippen LogP contribution in [0.4, 0.5) is 0 Å². The van der Waals surface area contributed by atoms with Crippen LogP contribution in [-0.4, -0.2) is 17.8 Å². The molecule has 2 rings (SSSR count). The van der Waals surface area contributed by atoms with Gasteiger partial charge >= 0.3 is 0 Å². The molecule has 1 atom stereocenters. The number of aromatic nitrogens is 1. The van der Waals surface area contributed by atoms with E-state index < -0.39 is 0 Å². The number of aryl methyl sites for hydroxylation is 1. The molecular formula is C11H14N2OS. The molecule has 15 heavy (non-hydrogen) atoms. The molecule has 0 aliphatic heterocycles. The molecule has 1 aromatic heterocycles. The third-order valence-corrected chi connectivity index (χ3v) is 2.82. The van der Waals surface area contributed by atoms with Crippen LogP contribution in [0.25, 0.3) is 11.1 Å². The Balaban J connectivity index is 2.45. The largest absolute Gasteiger partial charge is 0.441 e. The zero-order valence-electron chi connectivity index (χ0n) is 8.82. The minimum Gasteiger partial charge on any atom is -0.441 e. The fraction of sp³-hybridized carbons (Fsp3) is 0.364. The summed E-state index contributed by atoms with van der Waals surface area (Å²) < 4.78 is 5.48. The minimum absolute atomic E-state index is 0.253. The molecule has 3 nitrogen and oxygen atoms in total. The topological polar surface area (TPSA) is 38.1 Å². The van der Waals surface area contributed by atoms with Crippen LogP contribution >= 0.6 is 12.6 Å². The molecule has 0 amide bonds. The zero-order chi connectivity index (χ0) is 10.8. The molecule has 0 fully saturated rings. The van der Waals surface area contributed by atoms with Gasteiger partial charge in [-0.15, -0.1) is 0 Å². The first kappa shape index (κ1) is 10.5. The summed E-state index contributed by atoms with van der Waals surface area (Å²) in [6.45, 7) is 1.85. The highest BCUT2D eigenvalue weighted by atomic mass is 32.1. The van der Waals surface area contributed by atoms with E-state index in [-0.39, 0.29) is 6.04 Å². The molecule has 0 radical (unpaired) electrons. The summed E-state index contributed by atoms with van der Waals surface area (Å²) in [4.78, 5) is 4.26. The summed E-state index contributed by atoms with van der Waals surface area (Å²) in [6, 6.07) is 6.31. The second-order valence-electron chi connectivity index (χ2n) is 3.48. The van der Waals surface area contributed by atoms with Crippen molar-refractivity contribution >= 4 is 23.7 Å². The minimum atomic E-state index is 0.253. The van der Waals surface area contributed by atoms with Crippen molar-refractivity contribution in [3.8, 4) is 0 Å². The molecule has 0 saturated heterocycles. The van der Waals surface area contributed by atoms with Gasteiger partial charge in [0, 0.05) is 18.7 Å². The highest BCUT2D eigenvalue weighted by Crippen LogP contribution is 2.21. The number of nitrogens with zero attached hydrogens (tertiary/aromatic N) is 1. The first-order valence-corrected chi connectivity index (χ1v) is 5.53. The molecule has 0 aliphatic rings. The summed E-state index contributed by atoms with van der Waals surface area (Å²) in [7, 11) is 1.93. The van der Waals surface area contributed by atoms with Gasteiger partial charge in [0.15, 0.2) is 11.5 Å². The van der Waals surface area contributed by atoms with Crippen LogP contribution in [-0.2, 0) is 0 Å². The van der Waals surface area contributed by atoms with Crippen LogP contribution in [0.3, 0.4) is 0 Å². The summed E-state index contributed by atoms with van der Waals surface area (Å²) in [5.41, 5.74) is 2.92. The lowest BCUT2D eigenvalue weighted by Gasteiger charge is -2.12. The molecule has 0 aliphatic carbocycles. The number of nitrogens with one attached hydrogen (secondary N) is 1. The van der Waals surface area contributed by atoms with Crippen molar-refractivity contribution in [3.05, 3.63) is 29.7 Å². The zero-order valence-corrected chi connectivity index (χ0v) is 9.71. The Morgan fingerprint density at radius 3 is 3.00 bits per heavy atom. The average Bonchev–Trinajstić information content (AvgIpc) is 2.59. The third kappa shape index (κ3) is 2.01. The van der Waals surface area contributed by atoms with E-state index in [2.05, 4.69) is 29.0 Å². The standard InChI is InChI=1S/C11H14N2OS/c1-7-13-9-4-3-8(5-11(9)14-7)10(6-15)12-2/h3-5,10,12,15H,6H2,1-2H3. The van der Waals surface area contributed by atoms with Crippen LogP contribution in [0.15, 0.2) is 22.6 Å². The van der Waals surface area contributed by atoms with E-state index in [4.69, 9.17) is 4.42 Å². The molecule has 1 aromatic carbocycles. The maximum absolute atomic E-state index is 5.48. The molecule has 1 unspecified atom stereocenters. The molecule has 1 N–H and O–H groups in total. The van der Waals surface area contributed by atoms with E-state index in [9.17, 15) is 0 Å². The Morgan fingerprint density at radius 1 is 1.53 bits per heavy atom. The molecule has 1 heterocycles. The molecule has 80 valence electrons. The smallest absolute Gasteiger partial charge is 0.192 e.